The molecule has 1 saturated heterocycles. The standard InChI is InChI=1S/C22H25N5O4/c1-2-15-7-17(22-24-23-11-27(22)25-15)26-9-13-5-18(28)20(6-14(13)10-26)31-16-3-4-19-21(8-16)30-12-29-19/h3-4,7-8,11,13-14,18,20,28H,2,5-6,9-10,12H2,1H3/t13-,14+,18+,20+/m0/s1. The summed E-state index contributed by atoms with van der Waals surface area (Å²) in [4.78, 5) is 2.37. The van der Waals surface area contributed by atoms with Gasteiger partial charge in [-0.1, -0.05) is 6.92 Å². The number of ether oxygens (including phenoxy) is 3. The number of rotatable bonds is 4. The van der Waals surface area contributed by atoms with Gasteiger partial charge < -0.3 is 24.2 Å². The zero-order valence-electron chi connectivity index (χ0n) is 17.3. The Bertz CT molecular complexity index is 1120. The van der Waals surface area contributed by atoms with Crippen LogP contribution in [0.15, 0.2) is 30.6 Å². The summed E-state index contributed by atoms with van der Waals surface area (Å²) >= 11 is 0. The van der Waals surface area contributed by atoms with E-state index in [2.05, 4.69) is 33.2 Å². The largest absolute Gasteiger partial charge is 0.488 e. The second kappa shape index (κ2) is 7.26. The minimum atomic E-state index is -0.497. The molecule has 1 aliphatic carbocycles. The van der Waals surface area contributed by atoms with Crippen LogP contribution in [0.3, 0.4) is 0 Å². The molecular weight excluding hydrogens is 398 g/mol. The molecule has 6 rings (SSSR count). The number of aromatic nitrogens is 4. The summed E-state index contributed by atoms with van der Waals surface area (Å²) in [6.07, 6.45) is 3.31. The van der Waals surface area contributed by atoms with Crippen LogP contribution in [0.25, 0.3) is 5.65 Å². The molecule has 2 aliphatic heterocycles. The van der Waals surface area contributed by atoms with E-state index in [-0.39, 0.29) is 12.9 Å². The van der Waals surface area contributed by atoms with Gasteiger partial charge in [0.2, 0.25) is 12.4 Å². The van der Waals surface area contributed by atoms with E-state index in [0.717, 1.165) is 55.1 Å². The Hall–Kier alpha value is -3.07. The molecule has 1 aromatic carbocycles. The molecule has 0 radical (unpaired) electrons. The van der Waals surface area contributed by atoms with Crippen molar-refractivity contribution in [2.45, 2.75) is 38.4 Å². The van der Waals surface area contributed by atoms with Crippen LogP contribution in [0.5, 0.6) is 17.2 Å². The molecule has 0 amide bonds. The fraction of sp³-hybridized carbons (Fsp3) is 0.500. The molecule has 1 saturated carbocycles. The summed E-state index contributed by atoms with van der Waals surface area (Å²) in [6, 6.07) is 7.69. The highest BCUT2D eigenvalue weighted by Gasteiger charge is 2.43. The zero-order valence-corrected chi connectivity index (χ0v) is 17.3. The van der Waals surface area contributed by atoms with Gasteiger partial charge in [-0.3, -0.25) is 0 Å². The number of hydrogen-bond donors (Lipinski definition) is 1. The van der Waals surface area contributed by atoms with Crippen molar-refractivity contribution in [2.75, 3.05) is 24.8 Å². The quantitative estimate of drug-likeness (QED) is 0.682. The first-order chi connectivity index (χ1) is 15.2. The first kappa shape index (κ1) is 18.7. The third-order valence-electron chi connectivity index (χ3n) is 6.72. The second-order valence-electron chi connectivity index (χ2n) is 8.61. The third-order valence-corrected chi connectivity index (χ3v) is 6.72. The van der Waals surface area contributed by atoms with Gasteiger partial charge in [-0.15, -0.1) is 10.2 Å². The fourth-order valence-corrected chi connectivity index (χ4v) is 5.11. The van der Waals surface area contributed by atoms with Crippen LogP contribution >= 0.6 is 0 Å². The van der Waals surface area contributed by atoms with Gasteiger partial charge in [0.15, 0.2) is 11.5 Å². The van der Waals surface area contributed by atoms with Crippen LogP contribution in [-0.4, -0.2) is 57.0 Å². The predicted molar refractivity (Wildman–Crippen MR) is 112 cm³/mol. The molecular formula is C22H25N5O4. The Balaban J connectivity index is 1.20. The average Bonchev–Trinajstić information content (AvgIpc) is 3.51. The smallest absolute Gasteiger partial charge is 0.231 e. The fourth-order valence-electron chi connectivity index (χ4n) is 5.11. The molecule has 4 heterocycles. The molecule has 9 heteroatoms. The average molecular weight is 423 g/mol. The maximum atomic E-state index is 10.8. The molecule has 4 atom stereocenters. The molecule has 0 spiro atoms. The molecule has 2 aromatic heterocycles. The molecule has 0 bridgehead atoms. The molecule has 31 heavy (non-hydrogen) atoms. The summed E-state index contributed by atoms with van der Waals surface area (Å²) in [5, 5.41) is 23.7. The number of aryl methyl sites for hydroxylation is 1. The topological polar surface area (TPSA) is 94.2 Å². The number of aliphatic hydroxyl groups excluding tert-OH is 1. The van der Waals surface area contributed by atoms with Crippen LogP contribution in [-0.2, 0) is 6.42 Å². The number of nitrogens with zero attached hydrogens (tertiary/aromatic N) is 5. The maximum absolute atomic E-state index is 10.8. The van der Waals surface area contributed by atoms with Crippen molar-refractivity contribution in [3.63, 3.8) is 0 Å². The first-order valence-corrected chi connectivity index (χ1v) is 10.9. The number of benzene rings is 1. The molecule has 1 N–H and O–H groups in total. The molecule has 3 aliphatic rings. The lowest BCUT2D eigenvalue weighted by atomic mass is 9.78. The third kappa shape index (κ3) is 3.23. The first-order valence-electron chi connectivity index (χ1n) is 10.9. The monoisotopic (exact) mass is 423 g/mol. The van der Waals surface area contributed by atoms with Crippen LogP contribution in [0.2, 0.25) is 0 Å². The Morgan fingerprint density at radius 2 is 1.97 bits per heavy atom. The van der Waals surface area contributed by atoms with E-state index in [1.165, 1.54) is 0 Å². The highest BCUT2D eigenvalue weighted by Crippen LogP contribution is 2.41. The van der Waals surface area contributed by atoms with Crippen molar-refractivity contribution in [1.82, 2.24) is 19.8 Å². The van der Waals surface area contributed by atoms with Crippen LogP contribution in [0.4, 0.5) is 5.69 Å². The molecule has 9 nitrogen and oxygen atoms in total. The van der Waals surface area contributed by atoms with Crippen LogP contribution in [0.1, 0.15) is 25.5 Å². The van der Waals surface area contributed by atoms with E-state index in [1.54, 1.807) is 10.8 Å². The lowest BCUT2D eigenvalue weighted by molar-refractivity contribution is -0.0232. The van der Waals surface area contributed by atoms with Gasteiger partial charge in [-0.25, -0.2) is 0 Å². The van der Waals surface area contributed by atoms with E-state index in [9.17, 15) is 5.11 Å². The molecule has 3 aromatic rings. The Kier molecular flexibility index (Phi) is 4.38. The van der Waals surface area contributed by atoms with Gasteiger partial charge in [0.25, 0.3) is 0 Å². The molecule has 2 fully saturated rings. The van der Waals surface area contributed by atoms with E-state index < -0.39 is 6.10 Å². The number of anilines is 1. The van der Waals surface area contributed by atoms with Crippen molar-refractivity contribution in [3.05, 3.63) is 36.3 Å². The Morgan fingerprint density at radius 1 is 1.13 bits per heavy atom. The van der Waals surface area contributed by atoms with Crippen LogP contribution in [0, 0.1) is 11.8 Å². The predicted octanol–water partition coefficient (Wildman–Crippen LogP) is 2.07. The highest BCUT2D eigenvalue weighted by atomic mass is 16.7. The van der Waals surface area contributed by atoms with Crippen molar-refractivity contribution in [1.29, 1.82) is 0 Å². The molecule has 162 valence electrons. The van der Waals surface area contributed by atoms with Crippen molar-refractivity contribution in [2.24, 2.45) is 11.8 Å². The lowest BCUT2D eigenvalue weighted by Crippen LogP contribution is -2.42. The lowest BCUT2D eigenvalue weighted by Gasteiger charge is -2.35. The summed E-state index contributed by atoms with van der Waals surface area (Å²) in [6.45, 7) is 4.14. The van der Waals surface area contributed by atoms with Gasteiger partial charge >= 0.3 is 0 Å². The summed E-state index contributed by atoms with van der Waals surface area (Å²) in [5.41, 5.74) is 2.87. The van der Waals surface area contributed by atoms with Gasteiger partial charge in [-0.05, 0) is 49.3 Å². The van der Waals surface area contributed by atoms with Crippen molar-refractivity contribution >= 4 is 11.3 Å². The van der Waals surface area contributed by atoms with Crippen molar-refractivity contribution < 1.29 is 19.3 Å². The van der Waals surface area contributed by atoms with Gasteiger partial charge in [0, 0.05) is 19.2 Å². The van der Waals surface area contributed by atoms with Gasteiger partial charge in [0.05, 0.1) is 17.5 Å². The number of aliphatic hydroxyl groups is 1. The SMILES string of the molecule is CCc1cc(N2C[C@H]3C[C@@H](Oc4ccc5c(c4)OCO5)[C@H](O)C[C@H]3C2)c2nncn2n1. The normalized spacial score (nSPS) is 27.0. The van der Waals surface area contributed by atoms with Gasteiger partial charge in [0.1, 0.15) is 18.2 Å². The zero-order chi connectivity index (χ0) is 20.9. The van der Waals surface area contributed by atoms with Crippen LogP contribution < -0.4 is 19.1 Å². The summed E-state index contributed by atoms with van der Waals surface area (Å²) < 4.78 is 18.8. The minimum Gasteiger partial charge on any atom is -0.488 e. The minimum absolute atomic E-state index is 0.235. The second-order valence-corrected chi connectivity index (χ2v) is 8.61. The van der Waals surface area contributed by atoms with E-state index in [4.69, 9.17) is 14.2 Å². The van der Waals surface area contributed by atoms with E-state index in [0.29, 0.717) is 23.3 Å². The Labute approximate surface area is 179 Å². The van der Waals surface area contributed by atoms with E-state index >= 15 is 0 Å². The number of hydrogen-bond acceptors (Lipinski definition) is 8. The maximum Gasteiger partial charge on any atom is 0.231 e. The van der Waals surface area contributed by atoms with Crippen molar-refractivity contribution in [3.8, 4) is 17.2 Å². The summed E-state index contributed by atoms with van der Waals surface area (Å²) in [7, 11) is 0. The summed E-state index contributed by atoms with van der Waals surface area (Å²) in [5.74, 6) is 2.99. The Morgan fingerprint density at radius 3 is 2.84 bits per heavy atom. The van der Waals surface area contributed by atoms with E-state index in [1.807, 2.05) is 18.2 Å². The van der Waals surface area contributed by atoms with Gasteiger partial charge in [-0.2, -0.15) is 9.61 Å². The molecule has 0 unspecified atom stereocenters. The number of fused-ring (bicyclic) bond motifs is 3. The highest BCUT2D eigenvalue weighted by molar-refractivity contribution is 5.68.